The zero-order valence-corrected chi connectivity index (χ0v) is 42.3. The highest BCUT2D eigenvalue weighted by molar-refractivity contribution is 7.90. The molecule has 0 bridgehead atoms. The van der Waals surface area contributed by atoms with Crippen molar-refractivity contribution in [3.63, 3.8) is 0 Å². The minimum absolute atomic E-state index is 0.00632. The SMILES string of the molecule is CC(C)c1ccccc1[C@@H]1CCCN1C1CC2(CCN(c3ccc(C(=O)NS(=O)(=O)c4cc5c(c([N+](=O)[O-])c4)N[C@@H]([C@H]4CC[C@](C)(O)CC4)CO5)c(Oc4cc5c(F)c[nH]c5nc4O[C@@H]4CCOC4)c3)CC2)C1. The van der Waals surface area contributed by atoms with Crippen molar-refractivity contribution in [3.05, 3.63) is 99.5 Å². The molecule has 11 rings (SSSR count). The van der Waals surface area contributed by atoms with Crippen LogP contribution in [0, 0.1) is 27.3 Å². The summed E-state index contributed by atoms with van der Waals surface area (Å²) in [6, 6.07) is 18.0. The topological polar surface area (TPSA) is 211 Å². The van der Waals surface area contributed by atoms with E-state index >= 15 is 4.39 Å². The molecule has 6 heterocycles. The average Bonchev–Trinajstić information content (AvgIpc) is 4.15. The van der Waals surface area contributed by atoms with Gasteiger partial charge in [-0.2, -0.15) is 4.98 Å². The second-order valence-electron chi connectivity index (χ2n) is 21.8. The molecule has 5 fully saturated rings. The number of fused-ring (bicyclic) bond motifs is 2. The molecule has 6 aliphatic rings. The number of nitro groups is 1. The molecule has 3 aromatic carbocycles. The number of nitro benzene ring substituents is 1. The van der Waals surface area contributed by atoms with Gasteiger partial charge in [0.15, 0.2) is 17.2 Å². The summed E-state index contributed by atoms with van der Waals surface area (Å²) in [6.07, 6.45) is 10.5. The molecule has 388 valence electrons. The molecule has 3 atom stereocenters. The van der Waals surface area contributed by atoms with Gasteiger partial charge in [0.2, 0.25) is 0 Å². The van der Waals surface area contributed by atoms with Gasteiger partial charge in [-0.05, 0) is 118 Å². The molecule has 19 heteroatoms. The maximum absolute atomic E-state index is 15.1. The molecule has 2 aromatic heterocycles. The van der Waals surface area contributed by atoms with Crippen molar-refractivity contribution in [1.29, 1.82) is 0 Å². The lowest BCUT2D eigenvalue weighted by Crippen LogP contribution is -2.54. The van der Waals surface area contributed by atoms with Crippen LogP contribution in [-0.4, -0.2) is 102 Å². The van der Waals surface area contributed by atoms with E-state index < -0.39 is 42.9 Å². The highest BCUT2D eigenvalue weighted by Gasteiger charge is 2.50. The summed E-state index contributed by atoms with van der Waals surface area (Å²) in [5, 5.41) is 26.3. The van der Waals surface area contributed by atoms with Gasteiger partial charge in [0, 0.05) is 67.7 Å². The van der Waals surface area contributed by atoms with E-state index in [1.165, 1.54) is 48.4 Å². The monoisotopic (exact) mass is 1020 g/mol. The quantitative estimate of drug-likeness (QED) is 0.0640. The number of anilines is 2. The number of aromatic nitrogens is 2. The van der Waals surface area contributed by atoms with Crippen molar-refractivity contribution in [2.75, 3.05) is 49.7 Å². The van der Waals surface area contributed by atoms with E-state index in [4.69, 9.17) is 18.9 Å². The van der Waals surface area contributed by atoms with Gasteiger partial charge in [-0.3, -0.25) is 19.8 Å². The Morgan fingerprint density at radius 2 is 1.78 bits per heavy atom. The molecule has 17 nitrogen and oxygen atoms in total. The number of aliphatic hydroxyl groups is 1. The first-order valence-corrected chi connectivity index (χ1v) is 27.4. The number of carbonyl (C=O) groups excluding carboxylic acids is 1. The van der Waals surface area contributed by atoms with E-state index in [2.05, 4.69) is 67.9 Å². The fraction of sp³-hybridized carbons (Fsp3) is 0.519. The molecule has 2 aliphatic carbocycles. The van der Waals surface area contributed by atoms with Crippen molar-refractivity contribution >= 4 is 44.0 Å². The molecule has 1 amide bonds. The van der Waals surface area contributed by atoms with E-state index in [0.29, 0.717) is 63.3 Å². The largest absolute Gasteiger partial charge is 0.489 e. The summed E-state index contributed by atoms with van der Waals surface area (Å²) >= 11 is 0. The van der Waals surface area contributed by atoms with Crippen molar-refractivity contribution < 1.29 is 46.6 Å². The molecular weight excluding hydrogens is 958 g/mol. The maximum atomic E-state index is 15.1. The van der Waals surface area contributed by atoms with Crippen LogP contribution in [0.2, 0.25) is 0 Å². The summed E-state index contributed by atoms with van der Waals surface area (Å²) in [4.78, 5) is 38.0. The number of pyridine rings is 1. The van der Waals surface area contributed by atoms with Crippen molar-refractivity contribution in [2.24, 2.45) is 11.3 Å². The number of rotatable bonds is 13. The first-order chi connectivity index (χ1) is 35.0. The van der Waals surface area contributed by atoms with E-state index in [0.717, 1.165) is 57.1 Å². The standard InChI is InChI=1S/C54H64FN7O10S/c1-32(2)38-7-4-5-8-39(38)44-9-6-19-61(44)35-27-54(28-35)17-20-60(21-18-54)34-10-11-40(46(23-34)72-48-26-41-42(55)29-56-50(41)58-52(48)71-36-14-22-69-30-36)51(63)59-73(67,68)37-24-45(62(65)66)49-47(25-37)70-31-43(57-49)33-12-15-53(3,64)16-13-33/h4-5,7-8,10-11,23-26,29,32-33,35-36,43-44,57,64H,6,9,12-22,27-28,30-31H2,1-3H3,(H,56,58)(H,59,63)/t33-,36-,43-,44+,53-/m1/s1. The Bertz CT molecular complexity index is 3020. The molecular formula is C54H64FN7O10S. The number of benzene rings is 3. The third kappa shape index (κ3) is 9.80. The van der Waals surface area contributed by atoms with Crippen LogP contribution in [-0.2, 0) is 14.8 Å². The zero-order chi connectivity index (χ0) is 50.8. The van der Waals surface area contributed by atoms with Crippen LogP contribution in [0.25, 0.3) is 11.0 Å². The number of aromatic amines is 1. The number of nitrogens with zero attached hydrogens (tertiary/aromatic N) is 4. The third-order valence-corrected chi connectivity index (χ3v) is 17.9. The average molecular weight is 1020 g/mol. The van der Waals surface area contributed by atoms with Gasteiger partial charge in [0.1, 0.15) is 29.9 Å². The minimum atomic E-state index is -4.77. The molecule has 0 radical (unpaired) electrons. The van der Waals surface area contributed by atoms with Gasteiger partial charge in [0.25, 0.3) is 27.5 Å². The normalized spacial score (nSPS) is 25.3. The molecule has 4 aliphatic heterocycles. The Labute approximate surface area is 424 Å². The third-order valence-electron chi connectivity index (χ3n) is 16.6. The lowest BCUT2D eigenvalue weighted by atomic mass is 9.59. The van der Waals surface area contributed by atoms with Gasteiger partial charge in [-0.1, -0.05) is 38.1 Å². The van der Waals surface area contributed by atoms with Gasteiger partial charge in [-0.15, -0.1) is 0 Å². The Hall–Kier alpha value is -6.02. The van der Waals surface area contributed by atoms with Gasteiger partial charge in [-0.25, -0.2) is 17.5 Å². The number of likely N-dealkylation sites (tertiary alicyclic amines) is 1. The number of carbonyl (C=O) groups is 1. The fourth-order valence-electron chi connectivity index (χ4n) is 12.4. The highest BCUT2D eigenvalue weighted by Crippen LogP contribution is 2.55. The lowest BCUT2D eigenvalue weighted by Gasteiger charge is -2.56. The zero-order valence-electron chi connectivity index (χ0n) is 41.5. The van der Waals surface area contributed by atoms with Crippen LogP contribution in [0.3, 0.4) is 0 Å². The minimum Gasteiger partial charge on any atom is -0.489 e. The number of amides is 1. The molecule has 2 saturated carbocycles. The Kier molecular flexibility index (Phi) is 13.0. The second-order valence-corrected chi connectivity index (χ2v) is 23.5. The van der Waals surface area contributed by atoms with Crippen LogP contribution in [0.4, 0.5) is 21.5 Å². The van der Waals surface area contributed by atoms with E-state index in [1.54, 1.807) is 19.1 Å². The number of halogens is 1. The van der Waals surface area contributed by atoms with Crippen molar-refractivity contribution in [3.8, 4) is 23.1 Å². The van der Waals surface area contributed by atoms with Crippen LogP contribution < -0.4 is 29.1 Å². The molecule has 73 heavy (non-hydrogen) atoms. The number of hydrogen-bond donors (Lipinski definition) is 4. The molecule has 0 unspecified atom stereocenters. The van der Waals surface area contributed by atoms with Crippen molar-refractivity contribution in [2.45, 2.75) is 132 Å². The van der Waals surface area contributed by atoms with Crippen molar-refractivity contribution in [1.82, 2.24) is 19.6 Å². The molecule has 4 N–H and O–H groups in total. The lowest BCUT2D eigenvalue weighted by molar-refractivity contribution is -0.384. The number of nitrogens with one attached hydrogen (secondary N) is 3. The summed E-state index contributed by atoms with van der Waals surface area (Å²) in [6.45, 7) is 9.86. The van der Waals surface area contributed by atoms with Gasteiger partial charge < -0.3 is 39.3 Å². The second kappa shape index (κ2) is 19.4. The van der Waals surface area contributed by atoms with E-state index in [-0.39, 0.29) is 75.5 Å². The summed E-state index contributed by atoms with van der Waals surface area (Å²) < 4.78 is 69.9. The number of piperidine rings is 1. The first-order valence-electron chi connectivity index (χ1n) is 25.9. The predicted octanol–water partition coefficient (Wildman–Crippen LogP) is 9.51. The highest BCUT2D eigenvalue weighted by atomic mass is 32.2. The van der Waals surface area contributed by atoms with Gasteiger partial charge in [0.05, 0.1) is 45.6 Å². The van der Waals surface area contributed by atoms with Crippen LogP contribution in [0.5, 0.6) is 23.1 Å². The Balaban J connectivity index is 0.851. The molecule has 1 spiro atoms. The number of H-pyrrole nitrogens is 1. The number of hydrogen-bond acceptors (Lipinski definition) is 14. The molecule has 5 aromatic rings. The Morgan fingerprint density at radius 1 is 1.00 bits per heavy atom. The van der Waals surface area contributed by atoms with Crippen LogP contribution >= 0.6 is 0 Å². The summed E-state index contributed by atoms with van der Waals surface area (Å²) in [7, 11) is -4.77. The van der Waals surface area contributed by atoms with Gasteiger partial charge >= 0.3 is 0 Å². The van der Waals surface area contributed by atoms with E-state index in [1.807, 2.05) is 0 Å². The van der Waals surface area contributed by atoms with Crippen LogP contribution in [0.1, 0.15) is 125 Å². The summed E-state index contributed by atoms with van der Waals surface area (Å²) in [5.41, 5.74) is 2.66. The van der Waals surface area contributed by atoms with E-state index in [9.17, 15) is 28.4 Å². The summed E-state index contributed by atoms with van der Waals surface area (Å²) in [5.74, 6) is -1.18. The smallest absolute Gasteiger partial charge is 0.297 e. The number of sulfonamides is 1. The first kappa shape index (κ1) is 49.2. The Morgan fingerprint density at radius 3 is 2.52 bits per heavy atom. The number of ether oxygens (including phenoxy) is 4. The maximum Gasteiger partial charge on any atom is 0.297 e. The predicted molar refractivity (Wildman–Crippen MR) is 272 cm³/mol. The van der Waals surface area contributed by atoms with Crippen LogP contribution in [0.15, 0.2) is 71.8 Å². The fourth-order valence-corrected chi connectivity index (χ4v) is 13.4. The molecule has 3 saturated heterocycles.